The quantitative estimate of drug-likeness (QED) is 0.154. The Morgan fingerprint density at radius 2 is 1.50 bits per heavy atom. The molecule has 0 aliphatic carbocycles. The molecule has 0 saturated carbocycles. The number of hydrogen-bond acceptors (Lipinski definition) is 5. The average Bonchev–Trinajstić information content (AvgIpc) is 3.04. The first-order valence-electron chi connectivity index (χ1n) is 14.8. The summed E-state index contributed by atoms with van der Waals surface area (Å²) in [6.45, 7) is 2.11. The van der Waals surface area contributed by atoms with E-state index in [1.165, 1.54) is 4.90 Å². The molecule has 0 spiro atoms. The summed E-state index contributed by atoms with van der Waals surface area (Å²) in [6, 6.07) is 29.4. The highest BCUT2D eigenvalue weighted by Gasteiger charge is 2.33. The van der Waals surface area contributed by atoms with Crippen LogP contribution >= 0.6 is 23.2 Å². The molecule has 0 radical (unpaired) electrons. The Bertz CT molecular complexity index is 1710. The minimum absolute atomic E-state index is 0.0459. The Hall–Kier alpha value is -4.05. The number of sulfonamides is 1. The third-order valence-electron chi connectivity index (χ3n) is 7.23. The van der Waals surface area contributed by atoms with E-state index in [1.807, 2.05) is 67.6 Å². The summed E-state index contributed by atoms with van der Waals surface area (Å²) >= 11 is 12.7. The lowest BCUT2D eigenvalue weighted by Crippen LogP contribution is -2.53. The van der Waals surface area contributed by atoms with Crippen LogP contribution in [0.3, 0.4) is 0 Å². The Kier molecular flexibility index (Phi) is 12.5. The maximum atomic E-state index is 14.2. The summed E-state index contributed by atoms with van der Waals surface area (Å²) in [5, 5.41) is 3.66. The molecule has 2 amide bonds. The Morgan fingerprint density at radius 3 is 2.09 bits per heavy atom. The number of nitrogens with one attached hydrogen (secondary N) is 1. The summed E-state index contributed by atoms with van der Waals surface area (Å²) < 4.78 is 33.0. The van der Waals surface area contributed by atoms with Crippen LogP contribution in [0.4, 0.5) is 5.69 Å². The molecular weight excluding hydrogens is 645 g/mol. The van der Waals surface area contributed by atoms with Gasteiger partial charge in [0, 0.05) is 29.6 Å². The van der Waals surface area contributed by atoms with Crippen LogP contribution in [0.2, 0.25) is 10.0 Å². The number of carbonyl (C=O) groups is 2. The molecule has 0 saturated heterocycles. The molecule has 8 nitrogen and oxygen atoms in total. The van der Waals surface area contributed by atoms with Crippen molar-refractivity contribution in [1.29, 1.82) is 0 Å². The topological polar surface area (TPSA) is 96.0 Å². The highest BCUT2D eigenvalue weighted by molar-refractivity contribution is 7.92. The molecule has 0 aromatic heterocycles. The number of rotatable bonds is 15. The molecule has 11 heteroatoms. The van der Waals surface area contributed by atoms with Crippen LogP contribution in [-0.4, -0.2) is 50.5 Å². The molecule has 4 aromatic rings. The van der Waals surface area contributed by atoms with Crippen LogP contribution in [-0.2, 0) is 39.2 Å². The zero-order valence-corrected chi connectivity index (χ0v) is 28.1. The summed E-state index contributed by atoms with van der Waals surface area (Å²) in [5.74, 6) is -0.384. The molecule has 0 bridgehead atoms. The Labute approximate surface area is 280 Å². The van der Waals surface area contributed by atoms with Gasteiger partial charge in [-0.05, 0) is 59.5 Å². The molecular formula is C35H37Cl2N3O5S. The van der Waals surface area contributed by atoms with E-state index in [-0.39, 0.29) is 24.6 Å². The fourth-order valence-corrected chi connectivity index (χ4v) is 6.13. The molecule has 0 heterocycles. The van der Waals surface area contributed by atoms with E-state index in [1.54, 1.807) is 42.5 Å². The van der Waals surface area contributed by atoms with Gasteiger partial charge < -0.3 is 15.0 Å². The van der Waals surface area contributed by atoms with Gasteiger partial charge in [-0.2, -0.15) is 0 Å². The molecule has 0 aliphatic rings. The van der Waals surface area contributed by atoms with Crippen molar-refractivity contribution in [2.24, 2.45) is 0 Å². The van der Waals surface area contributed by atoms with Crippen LogP contribution in [0, 0.1) is 0 Å². The lowest BCUT2D eigenvalue weighted by atomic mass is 10.0. The predicted octanol–water partition coefficient (Wildman–Crippen LogP) is 6.50. The second kappa shape index (κ2) is 16.5. The van der Waals surface area contributed by atoms with Crippen LogP contribution in [0.25, 0.3) is 0 Å². The van der Waals surface area contributed by atoms with Gasteiger partial charge in [0.2, 0.25) is 21.8 Å². The molecule has 0 fully saturated rings. The second-order valence-electron chi connectivity index (χ2n) is 10.8. The smallest absolute Gasteiger partial charge is 0.244 e. The number of halogens is 2. The number of ether oxygens (including phenoxy) is 1. The third-order valence-corrected chi connectivity index (χ3v) is 8.96. The van der Waals surface area contributed by atoms with E-state index in [2.05, 4.69) is 5.32 Å². The van der Waals surface area contributed by atoms with Crippen LogP contribution in [0.15, 0.2) is 103 Å². The van der Waals surface area contributed by atoms with Crippen molar-refractivity contribution >= 4 is 50.7 Å². The summed E-state index contributed by atoms with van der Waals surface area (Å²) in [4.78, 5) is 29.3. The number of carbonyl (C=O) groups excluding carboxylic acids is 2. The van der Waals surface area contributed by atoms with Gasteiger partial charge in [0.25, 0.3) is 0 Å². The first kappa shape index (κ1) is 34.8. The zero-order valence-electron chi connectivity index (χ0n) is 25.7. The van der Waals surface area contributed by atoms with E-state index in [0.717, 1.165) is 21.7 Å². The van der Waals surface area contributed by atoms with Crippen LogP contribution < -0.4 is 14.4 Å². The van der Waals surface area contributed by atoms with Gasteiger partial charge in [-0.3, -0.25) is 13.9 Å². The van der Waals surface area contributed by atoms with Crippen molar-refractivity contribution in [3.63, 3.8) is 0 Å². The molecule has 242 valence electrons. The van der Waals surface area contributed by atoms with E-state index in [0.29, 0.717) is 40.9 Å². The lowest BCUT2D eigenvalue weighted by Gasteiger charge is -2.33. The van der Waals surface area contributed by atoms with Crippen LogP contribution in [0.1, 0.15) is 30.0 Å². The van der Waals surface area contributed by atoms with Crippen LogP contribution in [0.5, 0.6) is 5.75 Å². The average molecular weight is 683 g/mol. The Morgan fingerprint density at radius 1 is 0.870 bits per heavy atom. The molecule has 0 aliphatic heterocycles. The highest BCUT2D eigenvalue weighted by atomic mass is 35.5. The van der Waals surface area contributed by atoms with Gasteiger partial charge in [-0.25, -0.2) is 8.42 Å². The number of amides is 2. The zero-order chi connectivity index (χ0) is 33.1. The van der Waals surface area contributed by atoms with Crippen molar-refractivity contribution in [3.8, 4) is 5.75 Å². The van der Waals surface area contributed by atoms with Gasteiger partial charge in [-0.1, -0.05) is 96.9 Å². The number of nitrogens with zero attached hydrogens (tertiary/aromatic N) is 2. The van der Waals surface area contributed by atoms with Gasteiger partial charge in [0.15, 0.2) is 0 Å². The largest absolute Gasteiger partial charge is 0.489 e. The van der Waals surface area contributed by atoms with Crippen molar-refractivity contribution in [2.45, 2.75) is 39.0 Å². The van der Waals surface area contributed by atoms with Crippen molar-refractivity contribution in [1.82, 2.24) is 10.2 Å². The fraction of sp³-hybridized carbons (Fsp3) is 0.257. The SMILES string of the molecule is CCCNC(=O)[C@@H](Cc1ccccc1)N(Cc1ccc(Cl)cc1Cl)C(=O)CN(c1ccc(OCc2ccccc2)cc1)S(C)(=O)=O. The monoisotopic (exact) mass is 681 g/mol. The number of benzene rings is 4. The first-order chi connectivity index (χ1) is 22.0. The Balaban J connectivity index is 1.65. The maximum Gasteiger partial charge on any atom is 0.244 e. The molecule has 46 heavy (non-hydrogen) atoms. The summed E-state index contributed by atoms with van der Waals surface area (Å²) in [6.07, 6.45) is 1.95. The van der Waals surface area contributed by atoms with Crippen molar-refractivity contribution in [2.75, 3.05) is 23.7 Å². The van der Waals surface area contributed by atoms with Gasteiger partial charge in [0.05, 0.1) is 11.9 Å². The minimum Gasteiger partial charge on any atom is -0.489 e. The van der Waals surface area contributed by atoms with Crippen molar-refractivity contribution < 1.29 is 22.7 Å². The van der Waals surface area contributed by atoms with E-state index in [9.17, 15) is 18.0 Å². The van der Waals surface area contributed by atoms with Gasteiger partial charge in [-0.15, -0.1) is 0 Å². The van der Waals surface area contributed by atoms with E-state index < -0.39 is 28.5 Å². The summed E-state index contributed by atoms with van der Waals surface area (Å²) in [7, 11) is -3.92. The van der Waals surface area contributed by atoms with Crippen molar-refractivity contribution in [3.05, 3.63) is 130 Å². The van der Waals surface area contributed by atoms with Gasteiger partial charge in [0.1, 0.15) is 24.9 Å². The predicted molar refractivity (Wildman–Crippen MR) is 184 cm³/mol. The second-order valence-corrected chi connectivity index (χ2v) is 13.5. The summed E-state index contributed by atoms with van der Waals surface area (Å²) in [5.41, 5.74) is 2.67. The molecule has 4 aromatic carbocycles. The first-order valence-corrected chi connectivity index (χ1v) is 17.4. The molecule has 1 atom stereocenters. The van der Waals surface area contributed by atoms with E-state index >= 15 is 0 Å². The molecule has 1 N–H and O–H groups in total. The van der Waals surface area contributed by atoms with E-state index in [4.69, 9.17) is 27.9 Å². The lowest BCUT2D eigenvalue weighted by molar-refractivity contribution is -0.140. The van der Waals surface area contributed by atoms with Gasteiger partial charge >= 0.3 is 0 Å². The maximum absolute atomic E-state index is 14.2. The number of hydrogen-bond donors (Lipinski definition) is 1. The normalized spacial score (nSPS) is 11.8. The fourth-order valence-electron chi connectivity index (χ4n) is 4.82. The number of anilines is 1. The standard InChI is InChI=1S/C35H37Cl2N3O5S/c1-3-20-38-35(42)33(21-26-10-6-4-7-11-26)39(23-28-14-15-29(36)22-32(28)37)34(41)24-40(46(2,43)44)30-16-18-31(19-17-30)45-25-27-12-8-5-9-13-27/h4-19,22,33H,3,20-21,23-25H2,1-2H3,(H,38,42)/t33-/m1/s1. The highest BCUT2D eigenvalue weighted by Crippen LogP contribution is 2.26. The third kappa shape index (κ3) is 9.97. The molecule has 0 unspecified atom stereocenters. The molecule has 4 rings (SSSR count). The minimum atomic E-state index is -3.92.